The van der Waals surface area contributed by atoms with E-state index in [0.717, 1.165) is 9.35 Å². The number of likely N-dealkylation sites (tertiary alicyclic amines) is 1. The molecule has 0 saturated carbocycles. The molecular weight excluding hydrogens is 332 g/mol. The minimum Gasteiger partial charge on any atom is -0.481 e. The lowest BCUT2D eigenvalue weighted by Gasteiger charge is -2.24. The van der Waals surface area contributed by atoms with Crippen molar-refractivity contribution in [3.63, 3.8) is 0 Å². The second kappa shape index (κ2) is 5.92. The van der Waals surface area contributed by atoms with Crippen LogP contribution < -0.4 is 0 Å². The summed E-state index contributed by atoms with van der Waals surface area (Å²) >= 11 is 4.97. The fraction of sp³-hybridized carbons (Fsp3) is 0.500. The second-order valence-electron chi connectivity index (χ2n) is 4.67. The number of aliphatic carboxylic acids is 1. The first-order chi connectivity index (χ1) is 8.97. The summed E-state index contributed by atoms with van der Waals surface area (Å²) in [6, 6.07) is 1.88. The van der Waals surface area contributed by atoms with E-state index in [1.807, 2.05) is 11.4 Å². The molecule has 1 fully saturated rings. The smallest absolute Gasteiger partial charge is 0.320 e. The Balaban J connectivity index is 1.91. The average molecular weight is 347 g/mol. The Morgan fingerprint density at radius 3 is 2.89 bits per heavy atom. The van der Waals surface area contributed by atoms with Crippen molar-refractivity contribution >= 4 is 39.3 Å². The number of carbonyl (C=O) groups excluding carboxylic acids is 1. The lowest BCUT2D eigenvalue weighted by atomic mass is 10.1. The van der Waals surface area contributed by atoms with Crippen LogP contribution in [0.5, 0.6) is 0 Å². The average Bonchev–Trinajstić information content (AvgIpc) is 2.97. The number of hydrogen-bond acceptors (Lipinski definition) is 3. The maximum Gasteiger partial charge on any atom is 0.320 e. The van der Waals surface area contributed by atoms with Crippen LogP contribution in [0.25, 0.3) is 0 Å². The Labute approximate surface area is 123 Å². The van der Waals surface area contributed by atoms with Gasteiger partial charge in [0, 0.05) is 26.7 Å². The van der Waals surface area contributed by atoms with Crippen LogP contribution in [0.4, 0.5) is 4.79 Å². The summed E-state index contributed by atoms with van der Waals surface area (Å²) in [7, 11) is 1.74. The van der Waals surface area contributed by atoms with Crippen molar-refractivity contribution in [3.05, 3.63) is 20.8 Å². The zero-order chi connectivity index (χ0) is 14.0. The minimum atomic E-state index is -0.820. The molecule has 1 N–H and O–H groups in total. The Hall–Kier alpha value is -1.08. The van der Waals surface area contributed by atoms with Gasteiger partial charge in [0.05, 0.1) is 9.70 Å². The molecule has 1 unspecified atom stereocenters. The van der Waals surface area contributed by atoms with Gasteiger partial charge in [-0.1, -0.05) is 0 Å². The molecule has 1 saturated heterocycles. The van der Waals surface area contributed by atoms with Crippen molar-refractivity contribution in [3.8, 4) is 0 Å². The molecule has 19 heavy (non-hydrogen) atoms. The van der Waals surface area contributed by atoms with E-state index in [9.17, 15) is 9.59 Å². The quantitative estimate of drug-likeness (QED) is 0.914. The molecule has 0 aliphatic carbocycles. The number of amides is 2. The normalized spacial score (nSPS) is 18.6. The van der Waals surface area contributed by atoms with Gasteiger partial charge >= 0.3 is 12.0 Å². The molecule has 2 rings (SSSR count). The number of carbonyl (C=O) groups is 2. The van der Waals surface area contributed by atoms with Crippen molar-refractivity contribution in [2.75, 3.05) is 20.1 Å². The van der Waals surface area contributed by atoms with Crippen molar-refractivity contribution < 1.29 is 14.7 Å². The summed E-state index contributed by atoms with van der Waals surface area (Å²) in [6.45, 7) is 1.37. The molecule has 0 radical (unpaired) electrons. The maximum absolute atomic E-state index is 12.2. The van der Waals surface area contributed by atoms with Crippen LogP contribution in [0.3, 0.4) is 0 Å². The highest BCUT2D eigenvalue weighted by Gasteiger charge is 2.32. The lowest BCUT2D eigenvalue weighted by Crippen LogP contribution is -2.39. The topological polar surface area (TPSA) is 60.9 Å². The molecular formula is C12H15BrN2O3S. The predicted molar refractivity (Wildman–Crippen MR) is 76.2 cm³/mol. The van der Waals surface area contributed by atoms with E-state index < -0.39 is 11.9 Å². The summed E-state index contributed by atoms with van der Waals surface area (Å²) < 4.78 is 1.04. The van der Waals surface area contributed by atoms with Crippen molar-refractivity contribution in [2.45, 2.75) is 13.0 Å². The van der Waals surface area contributed by atoms with E-state index in [4.69, 9.17) is 5.11 Å². The molecule has 1 aromatic heterocycles. The first-order valence-corrected chi connectivity index (χ1v) is 7.60. The van der Waals surface area contributed by atoms with Crippen molar-refractivity contribution in [2.24, 2.45) is 5.92 Å². The number of nitrogens with zero attached hydrogens (tertiary/aromatic N) is 2. The Morgan fingerprint density at radius 2 is 2.37 bits per heavy atom. The third-order valence-corrected chi connectivity index (χ3v) is 4.73. The number of carboxylic acids is 1. The first kappa shape index (κ1) is 14.3. The summed E-state index contributed by atoms with van der Waals surface area (Å²) in [5, 5.41) is 10.9. The fourth-order valence-electron chi connectivity index (χ4n) is 2.15. The van der Waals surface area contributed by atoms with Crippen molar-refractivity contribution in [1.82, 2.24) is 9.80 Å². The molecule has 1 aliphatic rings. The van der Waals surface area contributed by atoms with Gasteiger partial charge in [0.25, 0.3) is 0 Å². The van der Waals surface area contributed by atoms with Gasteiger partial charge in [-0.25, -0.2) is 4.79 Å². The molecule has 1 aliphatic heterocycles. The third-order valence-electron chi connectivity index (χ3n) is 3.18. The highest BCUT2D eigenvalue weighted by Crippen LogP contribution is 2.22. The SMILES string of the molecule is CN(Cc1csc(Br)c1)C(=O)N1CCC(C(=O)O)C1. The van der Waals surface area contributed by atoms with Crippen molar-refractivity contribution in [1.29, 1.82) is 0 Å². The van der Waals surface area contributed by atoms with Gasteiger partial charge < -0.3 is 14.9 Å². The summed E-state index contributed by atoms with van der Waals surface area (Å²) in [4.78, 5) is 26.3. The van der Waals surface area contributed by atoms with E-state index in [1.165, 1.54) is 0 Å². The van der Waals surface area contributed by atoms with Crippen LogP contribution in [0.1, 0.15) is 12.0 Å². The molecule has 5 nitrogen and oxygen atoms in total. The number of hydrogen-bond donors (Lipinski definition) is 1. The van der Waals surface area contributed by atoms with Crippen LogP contribution >= 0.6 is 27.3 Å². The van der Waals surface area contributed by atoms with Gasteiger partial charge in [0.1, 0.15) is 0 Å². The number of halogens is 1. The number of rotatable bonds is 3. The van der Waals surface area contributed by atoms with E-state index in [2.05, 4.69) is 15.9 Å². The monoisotopic (exact) mass is 346 g/mol. The van der Waals surface area contributed by atoms with Crippen LogP contribution in [-0.2, 0) is 11.3 Å². The van der Waals surface area contributed by atoms with Gasteiger partial charge in [-0.05, 0) is 39.4 Å². The van der Waals surface area contributed by atoms with Gasteiger partial charge in [-0.15, -0.1) is 11.3 Å². The Kier molecular flexibility index (Phi) is 4.46. The van der Waals surface area contributed by atoms with E-state index in [-0.39, 0.29) is 6.03 Å². The van der Waals surface area contributed by atoms with Gasteiger partial charge in [0.15, 0.2) is 0 Å². The summed E-state index contributed by atoms with van der Waals surface area (Å²) in [5.74, 6) is -1.24. The highest BCUT2D eigenvalue weighted by atomic mass is 79.9. The first-order valence-electron chi connectivity index (χ1n) is 5.93. The molecule has 2 heterocycles. The summed E-state index contributed by atoms with van der Waals surface area (Å²) in [5.41, 5.74) is 1.07. The number of thiophene rings is 1. The molecule has 0 bridgehead atoms. The number of carboxylic acid groups (broad SMARTS) is 1. The molecule has 2 amide bonds. The molecule has 7 heteroatoms. The standard InChI is InChI=1S/C12H15BrN2O3S/c1-14(5-8-4-10(13)19-7-8)12(18)15-3-2-9(6-15)11(16)17/h4,7,9H,2-3,5-6H2,1H3,(H,16,17). The van der Waals surface area contributed by atoms with Gasteiger partial charge in [0.2, 0.25) is 0 Å². The van der Waals surface area contributed by atoms with Crippen LogP contribution in [0, 0.1) is 5.92 Å². The number of urea groups is 1. The minimum absolute atomic E-state index is 0.105. The van der Waals surface area contributed by atoms with E-state index in [0.29, 0.717) is 26.1 Å². The molecule has 0 aromatic carbocycles. The van der Waals surface area contributed by atoms with E-state index in [1.54, 1.807) is 28.2 Å². The van der Waals surface area contributed by atoms with Crippen LogP contribution in [0.2, 0.25) is 0 Å². The fourth-order valence-corrected chi connectivity index (χ4v) is 3.35. The molecule has 1 aromatic rings. The predicted octanol–water partition coefficient (Wildman–Crippen LogP) is 2.47. The Morgan fingerprint density at radius 1 is 1.63 bits per heavy atom. The lowest BCUT2D eigenvalue weighted by molar-refractivity contribution is -0.141. The van der Waals surface area contributed by atoms with Gasteiger partial charge in [-0.2, -0.15) is 0 Å². The molecule has 0 spiro atoms. The third kappa shape index (κ3) is 3.48. The largest absolute Gasteiger partial charge is 0.481 e. The van der Waals surface area contributed by atoms with Crippen LogP contribution in [-0.4, -0.2) is 47.0 Å². The molecule has 1 atom stereocenters. The van der Waals surface area contributed by atoms with Crippen LogP contribution in [0.15, 0.2) is 15.2 Å². The second-order valence-corrected chi connectivity index (χ2v) is 6.96. The van der Waals surface area contributed by atoms with E-state index >= 15 is 0 Å². The van der Waals surface area contributed by atoms with Gasteiger partial charge in [-0.3, -0.25) is 4.79 Å². The molecule has 104 valence electrons. The summed E-state index contributed by atoms with van der Waals surface area (Å²) in [6.07, 6.45) is 0.541. The zero-order valence-corrected chi connectivity index (χ0v) is 12.9. The maximum atomic E-state index is 12.2. The highest BCUT2D eigenvalue weighted by molar-refractivity contribution is 9.11. The zero-order valence-electron chi connectivity index (χ0n) is 10.5. The Bertz CT molecular complexity index is 491.